The van der Waals surface area contributed by atoms with Crippen LogP contribution < -0.4 is 5.32 Å². The van der Waals surface area contributed by atoms with Gasteiger partial charge in [-0.05, 0) is 40.9 Å². The Morgan fingerprint density at radius 2 is 2.29 bits per heavy atom. The molecule has 0 aliphatic heterocycles. The second-order valence-corrected chi connectivity index (χ2v) is 5.25. The molecule has 0 aromatic carbocycles. The highest BCUT2D eigenvalue weighted by Crippen LogP contribution is 2.21. The first-order chi connectivity index (χ1) is 6.74. The minimum absolute atomic E-state index is 0.0429. The molecule has 0 aliphatic rings. The molecule has 78 valence electrons. The molecule has 0 radical (unpaired) electrons. The van der Waals surface area contributed by atoms with Crippen molar-refractivity contribution in [2.75, 3.05) is 13.2 Å². The van der Waals surface area contributed by atoms with Crippen LogP contribution in [0.2, 0.25) is 0 Å². The summed E-state index contributed by atoms with van der Waals surface area (Å²) in [5.74, 6) is -0.0429. The fourth-order valence-corrected chi connectivity index (χ4v) is 2.26. The Morgan fingerprint density at radius 3 is 2.86 bits per heavy atom. The van der Waals surface area contributed by atoms with E-state index in [1.165, 1.54) is 11.3 Å². The van der Waals surface area contributed by atoms with E-state index in [1.807, 2.05) is 6.07 Å². The molecule has 0 bridgehead atoms. The summed E-state index contributed by atoms with van der Waals surface area (Å²) in [5.41, 5.74) is 0. The first kappa shape index (κ1) is 11.7. The van der Waals surface area contributed by atoms with Crippen LogP contribution in [0.4, 0.5) is 0 Å². The number of rotatable bonds is 5. The van der Waals surface area contributed by atoms with Gasteiger partial charge < -0.3 is 10.4 Å². The number of hydrogen-bond acceptors (Lipinski definition) is 3. The Balaban J connectivity index is 2.29. The zero-order valence-corrected chi connectivity index (χ0v) is 10.0. The molecule has 5 heteroatoms. The molecule has 1 heterocycles. The molecule has 1 rings (SSSR count). The molecular weight excluding hydrogens is 266 g/mol. The monoisotopic (exact) mass is 277 g/mol. The van der Waals surface area contributed by atoms with Crippen molar-refractivity contribution in [2.45, 2.75) is 12.8 Å². The molecule has 0 saturated heterocycles. The quantitative estimate of drug-likeness (QED) is 0.809. The molecule has 14 heavy (non-hydrogen) atoms. The van der Waals surface area contributed by atoms with Gasteiger partial charge in [-0.2, -0.15) is 0 Å². The number of carbonyl (C=O) groups excluding carboxylic acids is 1. The molecular formula is C9H12BrNO2S. The van der Waals surface area contributed by atoms with Crippen molar-refractivity contribution in [3.05, 3.63) is 20.8 Å². The van der Waals surface area contributed by atoms with Gasteiger partial charge in [0.1, 0.15) is 0 Å². The Kier molecular flexibility index (Phi) is 5.14. The Labute approximate surface area is 95.3 Å². The standard InChI is InChI=1S/C9H12BrNO2S/c10-8-4-3-7(14-8)9(13)11-5-1-2-6-12/h3-4,12H,1-2,5-6H2,(H,11,13). The zero-order valence-electron chi connectivity index (χ0n) is 7.62. The lowest BCUT2D eigenvalue weighted by Crippen LogP contribution is -2.23. The maximum atomic E-state index is 11.4. The van der Waals surface area contributed by atoms with E-state index in [1.54, 1.807) is 6.07 Å². The van der Waals surface area contributed by atoms with E-state index >= 15 is 0 Å². The molecule has 2 N–H and O–H groups in total. The third-order valence-electron chi connectivity index (χ3n) is 1.67. The fraction of sp³-hybridized carbons (Fsp3) is 0.444. The SMILES string of the molecule is O=C(NCCCCO)c1ccc(Br)s1. The summed E-state index contributed by atoms with van der Waals surface area (Å²) < 4.78 is 0.956. The van der Waals surface area contributed by atoms with Crippen molar-refractivity contribution < 1.29 is 9.90 Å². The van der Waals surface area contributed by atoms with Crippen LogP contribution >= 0.6 is 27.3 Å². The lowest BCUT2D eigenvalue weighted by atomic mass is 10.3. The largest absolute Gasteiger partial charge is 0.396 e. The van der Waals surface area contributed by atoms with Crippen LogP contribution in [0.3, 0.4) is 0 Å². The number of hydrogen-bond donors (Lipinski definition) is 2. The smallest absolute Gasteiger partial charge is 0.261 e. The van der Waals surface area contributed by atoms with Crippen molar-refractivity contribution in [1.82, 2.24) is 5.32 Å². The van der Waals surface area contributed by atoms with E-state index in [-0.39, 0.29) is 12.5 Å². The third kappa shape index (κ3) is 3.77. The zero-order chi connectivity index (χ0) is 10.4. The molecule has 1 aromatic heterocycles. The molecule has 1 amide bonds. The average Bonchev–Trinajstić information content (AvgIpc) is 2.59. The molecule has 0 fully saturated rings. The van der Waals surface area contributed by atoms with Crippen LogP contribution in [0.15, 0.2) is 15.9 Å². The van der Waals surface area contributed by atoms with Crippen LogP contribution in [0.25, 0.3) is 0 Å². The van der Waals surface area contributed by atoms with Gasteiger partial charge in [0.25, 0.3) is 5.91 Å². The van der Waals surface area contributed by atoms with Crippen molar-refractivity contribution >= 4 is 33.2 Å². The van der Waals surface area contributed by atoms with E-state index in [4.69, 9.17) is 5.11 Å². The van der Waals surface area contributed by atoms with Crippen molar-refractivity contribution in [2.24, 2.45) is 0 Å². The van der Waals surface area contributed by atoms with E-state index in [2.05, 4.69) is 21.2 Å². The van der Waals surface area contributed by atoms with Crippen molar-refractivity contribution in [3.8, 4) is 0 Å². The van der Waals surface area contributed by atoms with Crippen LogP contribution in [0.1, 0.15) is 22.5 Å². The number of thiophene rings is 1. The van der Waals surface area contributed by atoms with Crippen molar-refractivity contribution in [1.29, 1.82) is 0 Å². The minimum Gasteiger partial charge on any atom is -0.396 e. The van der Waals surface area contributed by atoms with Gasteiger partial charge in [0.05, 0.1) is 8.66 Å². The van der Waals surface area contributed by atoms with Gasteiger partial charge in [0.2, 0.25) is 0 Å². The number of halogens is 1. The van der Waals surface area contributed by atoms with E-state index in [9.17, 15) is 4.79 Å². The average molecular weight is 278 g/mol. The minimum atomic E-state index is -0.0429. The summed E-state index contributed by atoms with van der Waals surface area (Å²) in [6, 6.07) is 3.64. The molecule has 1 aromatic rings. The summed E-state index contributed by atoms with van der Waals surface area (Å²) in [5, 5.41) is 11.3. The van der Waals surface area contributed by atoms with Gasteiger partial charge in [0.15, 0.2) is 0 Å². The number of unbranched alkanes of at least 4 members (excludes halogenated alkanes) is 1. The van der Waals surface area contributed by atoms with Gasteiger partial charge in [-0.1, -0.05) is 0 Å². The predicted molar refractivity (Wildman–Crippen MR) is 60.7 cm³/mol. The van der Waals surface area contributed by atoms with E-state index < -0.39 is 0 Å². The molecule has 3 nitrogen and oxygen atoms in total. The van der Waals surface area contributed by atoms with Gasteiger partial charge in [-0.3, -0.25) is 4.79 Å². The molecule has 0 atom stereocenters. The lowest BCUT2D eigenvalue weighted by Gasteiger charge is -2.01. The number of nitrogens with one attached hydrogen (secondary N) is 1. The highest BCUT2D eigenvalue weighted by Gasteiger charge is 2.06. The topological polar surface area (TPSA) is 49.3 Å². The summed E-state index contributed by atoms with van der Waals surface area (Å²) in [4.78, 5) is 12.1. The number of aliphatic hydroxyl groups excluding tert-OH is 1. The fourth-order valence-electron chi connectivity index (χ4n) is 0.962. The Bertz CT molecular complexity index is 301. The maximum absolute atomic E-state index is 11.4. The maximum Gasteiger partial charge on any atom is 0.261 e. The molecule has 0 saturated carbocycles. The van der Waals surface area contributed by atoms with Gasteiger partial charge in [0, 0.05) is 13.2 Å². The van der Waals surface area contributed by atoms with Crippen LogP contribution in [0.5, 0.6) is 0 Å². The van der Waals surface area contributed by atoms with E-state index in [0.717, 1.165) is 16.6 Å². The highest BCUT2D eigenvalue weighted by atomic mass is 79.9. The van der Waals surface area contributed by atoms with Gasteiger partial charge in [-0.15, -0.1) is 11.3 Å². The number of carbonyl (C=O) groups is 1. The normalized spacial score (nSPS) is 10.1. The Hall–Kier alpha value is -0.390. The number of amides is 1. The molecule has 0 unspecified atom stereocenters. The number of aliphatic hydroxyl groups is 1. The van der Waals surface area contributed by atoms with Gasteiger partial charge >= 0.3 is 0 Å². The Morgan fingerprint density at radius 1 is 1.50 bits per heavy atom. The first-order valence-electron chi connectivity index (χ1n) is 4.38. The van der Waals surface area contributed by atoms with Crippen LogP contribution in [0, 0.1) is 0 Å². The highest BCUT2D eigenvalue weighted by molar-refractivity contribution is 9.11. The second kappa shape index (κ2) is 6.16. The van der Waals surface area contributed by atoms with Gasteiger partial charge in [-0.25, -0.2) is 0 Å². The first-order valence-corrected chi connectivity index (χ1v) is 5.99. The van der Waals surface area contributed by atoms with Crippen molar-refractivity contribution in [3.63, 3.8) is 0 Å². The van der Waals surface area contributed by atoms with Crippen LogP contribution in [-0.2, 0) is 0 Å². The predicted octanol–water partition coefficient (Wildman–Crippen LogP) is 2.01. The molecule has 0 spiro atoms. The van der Waals surface area contributed by atoms with E-state index in [0.29, 0.717) is 11.4 Å². The summed E-state index contributed by atoms with van der Waals surface area (Å²) >= 11 is 4.71. The van der Waals surface area contributed by atoms with Crippen LogP contribution in [-0.4, -0.2) is 24.2 Å². The second-order valence-electron chi connectivity index (χ2n) is 2.79. The molecule has 0 aliphatic carbocycles. The summed E-state index contributed by atoms with van der Waals surface area (Å²) in [7, 11) is 0. The summed E-state index contributed by atoms with van der Waals surface area (Å²) in [6.07, 6.45) is 1.54. The third-order valence-corrected chi connectivity index (χ3v) is 3.29. The lowest BCUT2D eigenvalue weighted by molar-refractivity contribution is 0.0956. The summed E-state index contributed by atoms with van der Waals surface area (Å²) in [6.45, 7) is 0.801.